The molecule has 1 aromatic carbocycles. The van der Waals surface area contributed by atoms with Crippen LogP contribution in [-0.2, 0) is 25.7 Å². The van der Waals surface area contributed by atoms with Crippen molar-refractivity contribution in [3.8, 4) is 0 Å². The minimum atomic E-state index is -0.316. The van der Waals surface area contributed by atoms with Crippen molar-refractivity contribution in [2.75, 3.05) is 6.54 Å². The van der Waals surface area contributed by atoms with Gasteiger partial charge in [-0.1, -0.05) is 70.2 Å². The summed E-state index contributed by atoms with van der Waals surface area (Å²) in [6.45, 7) is 10.1. The van der Waals surface area contributed by atoms with Crippen LogP contribution in [0.4, 0.5) is 0 Å². The molecule has 9 nitrogen and oxygen atoms in total. The molecule has 2 saturated carbocycles. The van der Waals surface area contributed by atoms with E-state index in [2.05, 4.69) is 54.3 Å². The first-order valence-corrected chi connectivity index (χ1v) is 18.1. The Hall–Kier alpha value is -2.78. The number of imide groups is 1. The van der Waals surface area contributed by atoms with E-state index in [-0.39, 0.29) is 48.1 Å². The van der Waals surface area contributed by atoms with Gasteiger partial charge in [0.05, 0.1) is 12.1 Å². The van der Waals surface area contributed by atoms with Gasteiger partial charge in [-0.15, -0.1) is 0 Å². The highest BCUT2D eigenvalue weighted by Crippen LogP contribution is 2.38. The zero-order chi connectivity index (χ0) is 33.1. The van der Waals surface area contributed by atoms with Crippen LogP contribution in [-0.4, -0.2) is 48.4 Å². The Labute approximate surface area is 276 Å². The minimum Gasteiger partial charge on any atom is -0.355 e. The highest BCUT2D eigenvalue weighted by atomic mass is 16.2. The topological polar surface area (TPSA) is 128 Å². The van der Waals surface area contributed by atoms with Crippen molar-refractivity contribution >= 4 is 23.6 Å². The SMILES string of the molecule is CCCC(C(C)NC(C)NC1CCC(C(=O)NCCC(=O)NCc2ccc(C3CCC(=O)NC3=O)cc2)CC1)C(C)C1CCCC1. The maximum absolute atomic E-state index is 12.8. The summed E-state index contributed by atoms with van der Waals surface area (Å²) in [7, 11) is 0. The second-order valence-corrected chi connectivity index (χ2v) is 14.3. The van der Waals surface area contributed by atoms with Crippen LogP contribution in [0.25, 0.3) is 0 Å². The number of rotatable bonds is 16. The third-order valence-corrected chi connectivity index (χ3v) is 10.9. The molecule has 4 amide bonds. The molecule has 0 aromatic heterocycles. The normalized spacial score (nSPS) is 24.9. The molecule has 5 unspecified atom stereocenters. The molecule has 0 spiro atoms. The quantitative estimate of drug-likeness (QED) is 0.128. The first-order chi connectivity index (χ1) is 22.1. The maximum Gasteiger partial charge on any atom is 0.234 e. The fourth-order valence-corrected chi connectivity index (χ4v) is 8.19. The number of nitrogens with one attached hydrogen (secondary N) is 5. The summed E-state index contributed by atoms with van der Waals surface area (Å²) in [4.78, 5) is 48.7. The van der Waals surface area contributed by atoms with Crippen LogP contribution in [0, 0.1) is 23.7 Å². The highest BCUT2D eigenvalue weighted by molar-refractivity contribution is 6.00. The summed E-state index contributed by atoms with van der Waals surface area (Å²) in [6.07, 6.45) is 13.1. The fraction of sp³-hybridized carbons (Fsp3) is 0.730. The Morgan fingerprint density at radius 3 is 2.26 bits per heavy atom. The lowest BCUT2D eigenvalue weighted by atomic mass is 9.76. The molecule has 0 bridgehead atoms. The van der Waals surface area contributed by atoms with Gasteiger partial charge in [0.15, 0.2) is 0 Å². The average Bonchev–Trinajstić information content (AvgIpc) is 3.58. The molecule has 256 valence electrons. The van der Waals surface area contributed by atoms with Crippen molar-refractivity contribution in [2.45, 2.75) is 142 Å². The van der Waals surface area contributed by atoms with E-state index < -0.39 is 0 Å². The van der Waals surface area contributed by atoms with E-state index in [4.69, 9.17) is 0 Å². The molecule has 9 heteroatoms. The third-order valence-electron chi connectivity index (χ3n) is 10.9. The van der Waals surface area contributed by atoms with Crippen molar-refractivity contribution in [1.29, 1.82) is 0 Å². The van der Waals surface area contributed by atoms with Gasteiger partial charge in [0.1, 0.15) is 0 Å². The van der Waals surface area contributed by atoms with Gasteiger partial charge in [-0.3, -0.25) is 35.1 Å². The zero-order valence-electron chi connectivity index (χ0n) is 28.7. The largest absolute Gasteiger partial charge is 0.355 e. The lowest BCUT2D eigenvalue weighted by Crippen LogP contribution is -2.52. The van der Waals surface area contributed by atoms with Crippen LogP contribution in [0.1, 0.15) is 128 Å². The molecule has 46 heavy (non-hydrogen) atoms. The molecule has 1 heterocycles. The molecular formula is C37H59N5O4. The standard InChI is InChI=1S/C37H59N5O4/c1-5-8-32(24(2)28-9-6-7-10-28)25(3)40-26(4)41-31-17-15-30(16-18-31)36(45)38-22-21-34(43)39-23-27-11-13-29(14-12-27)33-19-20-35(44)42-37(33)46/h11-14,24-26,28,30-33,40-41H,5-10,15-23H2,1-4H3,(H,38,45)(H,39,43)(H,42,44,46). The van der Waals surface area contributed by atoms with Gasteiger partial charge in [0.25, 0.3) is 0 Å². The summed E-state index contributed by atoms with van der Waals surface area (Å²) in [6, 6.07) is 8.44. The van der Waals surface area contributed by atoms with Gasteiger partial charge in [-0.2, -0.15) is 0 Å². The number of amides is 4. The second-order valence-electron chi connectivity index (χ2n) is 14.3. The van der Waals surface area contributed by atoms with E-state index >= 15 is 0 Å². The zero-order valence-corrected chi connectivity index (χ0v) is 28.7. The Balaban J connectivity index is 1.09. The van der Waals surface area contributed by atoms with Gasteiger partial charge in [-0.05, 0) is 81.3 Å². The minimum absolute atomic E-state index is 0.00683. The Kier molecular flexibility index (Phi) is 14.1. The van der Waals surface area contributed by atoms with E-state index in [0.717, 1.165) is 48.6 Å². The second kappa shape index (κ2) is 17.9. The smallest absolute Gasteiger partial charge is 0.234 e. The number of hydrogen-bond donors (Lipinski definition) is 5. The fourth-order valence-electron chi connectivity index (χ4n) is 8.19. The van der Waals surface area contributed by atoms with Crippen molar-refractivity contribution in [2.24, 2.45) is 23.7 Å². The summed E-state index contributed by atoms with van der Waals surface area (Å²) in [5.74, 6) is 1.51. The molecule has 1 aliphatic heterocycles. The molecule has 4 rings (SSSR count). The third kappa shape index (κ3) is 10.6. The van der Waals surface area contributed by atoms with Crippen LogP contribution in [0.2, 0.25) is 0 Å². The summed E-state index contributed by atoms with van der Waals surface area (Å²) in [5.41, 5.74) is 1.80. The molecule has 2 aliphatic carbocycles. The van der Waals surface area contributed by atoms with Gasteiger partial charge in [0.2, 0.25) is 23.6 Å². The van der Waals surface area contributed by atoms with Crippen molar-refractivity contribution in [3.05, 3.63) is 35.4 Å². The first-order valence-electron chi connectivity index (χ1n) is 18.1. The maximum atomic E-state index is 12.8. The predicted octanol–water partition coefficient (Wildman–Crippen LogP) is 5.04. The number of carbonyl (C=O) groups excluding carboxylic acids is 4. The molecule has 5 N–H and O–H groups in total. The summed E-state index contributed by atoms with van der Waals surface area (Å²) in [5, 5.41) is 16.0. The van der Waals surface area contributed by atoms with Crippen LogP contribution < -0.4 is 26.6 Å². The molecule has 3 fully saturated rings. The molecule has 0 radical (unpaired) electrons. The van der Waals surface area contributed by atoms with E-state index in [1.807, 2.05) is 24.3 Å². The number of carbonyl (C=O) groups is 4. The van der Waals surface area contributed by atoms with Crippen LogP contribution >= 0.6 is 0 Å². The average molecular weight is 638 g/mol. The Bertz CT molecular complexity index is 1140. The van der Waals surface area contributed by atoms with E-state index in [9.17, 15) is 19.2 Å². The lowest BCUT2D eigenvalue weighted by molar-refractivity contribution is -0.134. The molecule has 1 aromatic rings. The van der Waals surface area contributed by atoms with Gasteiger partial charge in [0, 0.05) is 43.9 Å². The number of benzene rings is 1. The van der Waals surface area contributed by atoms with Gasteiger partial charge < -0.3 is 10.6 Å². The van der Waals surface area contributed by atoms with Crippen molar-refractivity contribution < 1.29 is 19.2 Å². The van der Waals surface area contributed by atoms with E-state index in [1.165, 1.54) is 38.5 Å². The number of hydrogen-bond acceptors (Lipinski definition) is 6. The molecule has 1 saturated heterocycles. The van der Waals surface area contributed by atoms with Gasteiger partial charge >= 0.3 is 0 Å². The van der Waals surface area contributed by atoms with E-state index in [0.29, 0.717) is 43.9 Å². The van der Waals surface area contributed by atoms with Crippen LogP contribution in [0.3, 0.4) is 0 Å². The number of piperidine rings is 1. The summed E-state index contributed by atoms with van der Waals surface area (Å²) >= 11 is 0. The predicted molar refractivity (Wildman–Crippen MR) is 182 cm³/mol. The molecule has 5 atom stereocenters. The lowest BCUT2D eigenvalue weighted by Gasteiger charge is -2.37. The van der Waals surface area contributed by atoms with E-state index in [1.54, 1.807) is 0 Å². The Morgan fingerprint density at radius 2 is 1.61 bits per heavy atom. The first kappa shape index (κ1) is 36.1. The van der Waals surface area contributed by atoms with Crippen LogP contribution in [0.5, 0.6) is 0 Å². The Morgan fingerprint density at radius 1 is 0.913 bits per heavy atom. The molecular weight excluding hydrogens is 578 g/mol. The van der Waals surface area contributed by atoms with Gasteiger partial charge in [-0.25, -0.2) is 0 Å². The van der Waals surface area contributed by atoms with Crippen molar-refractivity contribution in [1.82, 2.24) is 26.6 Å². The summed E-state index contributed by atoms with van der Waals surface area (Å²) < 4.78 is 0. The molecule has 3 aliphatic rings. The monoisotopic (exact) mass is 637 g/mol. The van der Waals surface area contributed by atoms with Crippen molar-refractivity contribution in [3.63, 3.8) is 0 Å². The van der Waals surface area contributed by atoms with Crippen LogP contribution in [0.15, 0.2) is 24.3 Å². The highest BCUT2D eigenvalue weighted by Gasteiger charge is 2.32.